The van der Waals surface area contributed by atoms with Crippen molar-refractivity contribution in [2.45, 2.75) is 19.4 Å². The highest BCUT2D eigenvalue weighted by Gasteiger charge is 2.23. The lowest BCUT2D eigenvalue weighted by atomic mass is 10.3. The van der Waals surface area contributed by atoms with Crippen molar-refractivity contribution in [3.05, 3.63) is 0 Å². The Morgan fingerprint density at radius 2 is 1.84 bits per heavy atom. The summed E-state index contributed by atoms with van der Waals surface area (Å²) in [5.41, 5.74) is 0. The molecule has 0 aliphatic heterocycles. The first-order valence-corrected chi connectivity index (χ1v) is 5.92. The summed E-state index contributed by atoms with van der Waals surface area (Å²) in [5.74, 6) is -1.59. The lowest BCUT2D eigenvalue weighted by Crippen LogP contribution is -2.51. The van der Waals surface area contributed by atoms with Crippen molar-refractivity contribution in [2.24, 2.45) is 0 Å². The molecule has 0 heterocycles. The Balaban J connectivity index is 4.65. The van der Waals surface area contributed by atoms with E-state index in [0.717, 1.165) is 0 Å². The number of carbonyl (C=O) groups excluding carboxylic acids is 2. The van der Waals surface area contributed by atoms with E-state index in [1.807, 2.05) is 6.92 Å². The topological polar surface area (TPSA) is 110 Å². The Kier molecular flexibility index (Phi) is 7.50. The van der Waals surface area contributed by atoms with Gasteiger partial charge in [0.05, 0.1) is 6.61 Å². The zero-order valence-electron chi connectivity index (χ0n) is 11.4. The van der Waals surface area contributed by atoms with Gasteiger partial charge in [-0.3, -0.25) is 4.79 Å². The molecule has 0 fully saturated rings. The van der Waals surface area contributed by atoms with E-state index in [-0.39, 0.29) is 12.5 Å². The maximum Gasteiger partial charge on any atom is 0.328 e. The van der Waals surface area contributed by atoms with Crippen LogP contribution in [0.2, 0.25) is 0 Å². The number of likely N-dealkylation sites (N-methyl/N-ethyl adjacent to an activating group) is 1. The van der Waals surface area contributed by atoms with Crippen LogP contribution in [0.15, 0.2) is 0 Å². The number of nitrogens with one attached hydrogen (secondary N) is 1. The minimum atomic E-state index is -1.37. The molecule has 0 aliphatic carbocycles. The number of aliphatic hydroxyl groups is 1. The summed E-state index contributed by atoms with van der Waals surface area (Å²) in [7, 11) is 3.14. The van der Waals surface area contributed by atoms with E-state index in [2.05, 4.69) is 5.32 Å². The van der Waals surface area contributed by atoms with Crippen LogP contribution in [0.3, 0.4) is 0 Å². The number of carboxylic acid groups (broad SMARTS) is 1. The highest BCUT2D eigenvalue weighted by Crippen LogP contribution is 1.96. The highest BCUT2D eigenvalue weighted by atomic mass is 16.4. The number of carbonyl (C=O) groups is 3. The number of amides is 3. The van der Waals surface area contributed by atoms with E-state index in [1.54, 1.807) is 14.1 Å². The predicted octanol–water partition coefficient (Wildman–Crippen LogP) is -1.06. The first kappa shape index (κ1) is 17.2. The number of aliphatic hydroxyl groups excluding tert-OH is 1. The molecule has 0 saturated carbocycles. The fourth-order valence-electron chi connectivity index (χ4n) is 1.25. The van der Waals surface area contributed by atoms with Crippen molar-refractivity contribution >= 4 is 17.9 Å². The zero-order valence-corrected chi connectivity index (χ0v) is 11.4. The van der Waals surface area contributed by atoms with Gasteiger partial charge in [0.15, 0.2) is 6.04 Å². The Labute approximate surface area is 112 Å². The van der Waals surface area contributed by atoms with Gasteiger partial charge < -0.3 is 25.3 Å². The molecular weight excluding hydrogens is 254 g/mol. The van der Waals surface area contributed by atoms with Crippen LogP contribution >= 0.6 is 0 Å². The lowest BCUT2D eigenvalue weighted by molar-refractivity contribution is -0.140. The monoisotopic (exact) mass is 275 g/mol. The van der Waals surface area contributed by atoms with Gasteiger partial charge in [0, 0.05) is 20.6 Å². The predicted molar refractivity (Wildman–Crippen MR) is 67.6 cm³/mol. The van der Waals surface area contributed by atoms with Crippen molar-refractivity contribution < 1.29 is 24.6 Å². The molecule has 0 aromatic rings. The van der Waals surface area contributed by atoms with Crippen molar-refractivity contribution in [3.8, 4) is 0 Å². The standard InChI is InChI=1S/C11H21N3O5/c1-4-5-14(6-9(16)13(2)3)11(19)12-8(7-15)10(17)18/h8,15H,4-7H2,1-3H3,(H,12,19)(H,17,18)/t8-/m1/s1. The average molecular weight is 275 g/mol. The molecule has 0 aromatic heterocycles. The number of nitrogens with zero attached hydrogens (tertiary/aromatic N) is 2. The van der Waals surface area contributed by atoms with Gasteiger partial charge in [-0.2, -0.15) is 0 Å². The fourth-order valence-corrected chi connectivity index (χ4v) is 1.25. The molecule has 1 atom stereocenters. The SMILES string of the molecule is CCCN(CC(=O)N(C)C)C(=O)N[C@H](CO)C(=O)O. The Morgan fingerprint density at radius 1 is 1.26 bits per heavy atom. The van der Waals surface area contributed by atoms with Gasteiger partial charge in [-0.15, -0.1) is 0 Å². The van der Waals surface area contributed by atoms with Crippen LogP contribution in [0.4, 0.5) is 4.79 Å². The van der Waals surface area contributed by atoms with Crippen LogP contribution in [-0.4, -0.2) is 77.8 Å². The number of carboxylic acids is 1. The molecule has 3 amide bonds. The largest absolute Gasteiger partial charge is 0.480 e. The molecule has 0 aromatic carbocycles. The van der Waals surface area contributed by atoms with E-state index in [4.69, 9.17) is 10.2 Å². The zero-order chi connectivity index (χ0) is 15.0. The average Bonchev–Trinajstić information content (AvgIpc) is 2.34. The van der Waals surface area contributed by atoms with Gasteiger partial charge >= 0.3 is 12.0 Å². The van der Waals surface area contributed by atoms with Crippen LogP contribution in [0, 0.1) is 0 Å². The van der Waals surface area contributed by atoms with Crippen molar-refractivity contribution in [2.75, 3.05) is 33.8 Å². The smallest absolute Gasteiger partial charge is 0.328 e. The van der Waals surface area contributed by atoms with Gasteiger partial charge in [-0.05, 0) is 6.42 Å². The fraction of sp³-hybridized carbons (Fsp3) is 0.727. The summed E-state index contributed by atoms with van der Waals surface area (Å²) in [6.45, 7) is 1.32. The van der Waals surface area contributed by atoms with Gasteiger partial charge in [-0.1, -0.05) is 6.92 Å². The molecule has 8 heteroatoms. The molecule has 0 radical (unpaired) electrons. The summed E-state index contributed by atoms with van der Waals surface area (Å²) in [4.78, 5) is 36.7. The van der Waals surface area contributed by atoms with Crippen molar-refractivity contribution in [1.82, 2.24) is 15.1 Å². The van der Waals surface area contributed by atoms with Gasteiger partial charge in [-0.25, -0.2) is 9.59 Å². The first-order chi connectivity index (χ1) is 8.83. The number of aliphatic carboxylic acids is 1. The molecule has 0 saturated heterocycles. The van der Waals surface area contributed by atoms with Crippen molar-refractivity contribution in [3.63, 3.8) is 0 Å². The third-order valence-electron chi connectivity index (χ3n) is 2.38. The quantitative estimate of drug-likeness (QED) is 0.548. The Morgan fingerprint density at radius 3 is 2.21 bits per heavy atom. The van der Waals surface area contributed by atoms with Crippen LogP contribution in [-0.2, 0) is 9.59 Å². The third-order valence-corrected chi connectivity index (χ3v) is 2.38. The summed E-state index contributed by atoms with van der Waals surface area (Å²) >= 11 is 0. The Bertz CT molecular complexity index is 332. The van der Waals surface area contributed by atoms with E-state index >= 15 is 0 Å². The van der Waals surface area contributed by atoms with Gasteiger partial charge in [0.2, 0.25) is 5.91 Å². The highest BCUT2D eigenvalue weighted by molar-refractivity contribution is 5.86. The van der Waals surface area contributed by atoms with Crippen molar-refractivity contribution in [1.29, 1.82) is 0 Å². The second-order valence-electron chi connectivity index (χ2n) is 4.23. The van der Waals surface area contributed by atoms with Crippen LogP contribution in [0.25, 0.3) is 0 Å². The molecular formula is C11H21N3O5. The molecule has 0 aliphatic rings. The number of urea groups is 1. The third kappa shape index (κ3) is 6.05. The molecule has 0 rings (SSSR count). The number of hydrogen-bond donors (Lipinski definition) is 3. The van der Waals surface area contributed by atoms with E-state index in [1.165, 1.54) is 9.80 Å². The lowest BCUT2D eigenvalue weighted by Gasteiger charge is -2.25. The van der Waals surface area contributed by atoms with Crippen LogP contribution in [0.1, 0.15) is 13.3 Å². The normalized spacial score (nSPS) is 11.6. The summed E-state index contributed by atoms with van der Waals surface area (Å²) in [6, 6.07) is -2.06. The molecule has 0 spiro atoms. The number of rotatable bonds is 7. The van der Waals surface area contributed by atoms with Crippen LogP contribution in [0.5, 0.6) is 0 Å². The Hall–Kier alpha value is -1.83. The summed E-state index contributed by atoms with van der Waals surface area (Å²) < 4.78 is 0. The minimum Gasteiger partial charge on any atom is -0.480 e. The van der Waals surface area contributed by atoms with E-state index in [9.17, 15) is 14.4 Å². The number of hydrogen-bond acceptors (Lipinski definition) is 4. The van der Waals surface area contributed by atoms with Gasteiger partial charge in [0.25, 0.3) is 0 Å². The first-order valence-electron chi connectivity index (χ1n) is 5.92. The second-order valence-corrected chi connectivity index (χ2v) is 4.23. The summed E-state index contributed by atoms with van der Waals surface area (Å²) in [6.07, 6.45) is 0.630. The minimum absolute atomic E-state index is 0.134. The van der Waals surface area contributed by atoms with E-state index < -0.39 is 24.6 Å². The van der Waals surface area contributed by atoms with E-state index in [0.29, 0.717) is 13.0 Å². The second kappa shape index (κ2) is 8.30. The molecule has 19 heavy (non-hydrogen) atoms. The maximum absolute atomic E-state index is 11.8. The molecule has 3 N–H and O–H groups in total. The molecule has 110 valence electrons. The van der Waals surface area contributed by atoms with Crippen LogP contribution < -0.4 is 5.32 Å². The molecule has 8 nitrogen and oxygen atoms in total. The molecule has 0 unspecified atom stereocenters. The molecule has 0 bridgehead atoms. The maximum atomic E-state index is 11.8. The summed E-state index contributed by atoms with van der Waals surface area (Å²) in [5, 5.41) is 19.7. The van der Waals surface area contributed by atoms with Gasteiger partial charge in [0.1, 0.15) is 6.54 Å².